The molecule has 6 heteroatoms. The Morgan fingerprint density at radius 1 is 0.253 bits per heavy atom. The lowest BCUT2D eigenvalue weighted by molar-refractivity contribution is -0.167. The first-order valence-electron chi connectivity index (χ1n) is 34.2. The van der Waals surface area contributed by atoms with Crippen molar-refractivity contribution in [2.24, 2.45) is 0 Å². The van der Waals surface area contributed by atoms with Gasteiger partial charge in [0, 0.05) is 19.3 Å². The molecule has 0 radical (unpaired) electrons. The number of unbranched alkanes of at least 4 members (excludes halogenated alkanes) is 51. The SMILES string of the molecule is CCCCCCCCCC/C=C\CCCCCCCCCCCCCCCCCCCCCCCC(=O)OCC(COC(=O)CCCCCCCCCCCC)OC(=O)CCCCCCCCCCCCCCCC. The Balaban J connectivity index is 3.98. The fourth-order valence-electron chi connectivity index (χ4n) is 10.6. The Morgan fingerprint density at radius 2 is 0.440 bits per heavy atom. The van der Waals surface area contributed by atoms with E-state index in [1.165, 1.54) is 295 Å². The van der Waals surface area contributed by atoms with E-state index in [1.54, 1.807) is 0 Å². The Kier molecular flexibility index (Phi) is 63.1. The fraction of sp³-hybridized carbons (Fsp3) is 0.928. The van der Waals surface area contributed by atoms with Crippen LogP contribution < -0.4 is 0 Å². The molecular weight excluding hydrogens is 925 g/mol. The van der Waals surface area contributed by atoms with E-state index < -0.39 is 6.10 Å². The van der Waals surface area contributed by atoms with Crippen LogP contribution in [-0.4, -0.2) is 37.2 Å². The second-order valence-corrected chi connectivity index (χ2v) is 23.5. The molecule has 444 valence electrons. The van der Waals surface area contributed by atoms with Crippen molar-refractivity contribution in [2.45, 2.75) is 399 Å². The van der Waals surface area contributed by atoms with Crippen LogP contribution in [0.25, 0.3) is 0 Å². The number of carbonyl (C=O) groups excluding carboxylic acids is 3. The molecule has 0 amide bonds. The molecule has 0 bridgehead atoms. The van der Waals surface area contributed by atoms with Crippen molar-refractivity contribution in [3.8, 4) is 0 Å². The van der Waals surface area contributed by atoms with Crippen LogP contribution in [0.4, 0.5) is 0 Å². The van der Waals surface area contributed by atoms with Crippen LogP contribution in [0, 0.1) is 0 Å². The molecule has 0 aromatic carbocycles. The summed E-state index contributed by atoms with van der Waals surface area (Å²) in [7, 11) is 0. The first kappa shape index (κ1) is 73.2. The minimum Gasteiger partial charge on any atom is -0.462 e. The Hall–Kier alpha value is -1.85. The molecule has 0 aliphatic rings. The van der Waals surface area contributed by atoms with Crippen LogP contribution >= 0.6 is 0 Å². The van der Waals surface area contributed by atoms with Crippen LogP contribution in [0.3, 0.4) is 0 Å². The average Bonchev–Trinajstić information content (AvgIpc) is 3.41. The summed E-state index contributed by atoms with van der Waals surface area (Å²) < 4.78 is 16.9. The van der Waals surface area contributed by atoms with Gasteiger partial charge in [-0.15, -0.1) is 0 Å². The van der Waals surface area contributed by atoms with Gasteiger partial charge in [0.25, 0.3) is 0 Å². The predicted molar refractivity (Wildman–Crippen MR) is 326 cm³/mol. The zero-order valence-corrected chi connectivity index (χ0v) is 51.1. The molecule has 0 aromatic heterocycles. The van der Waals surface area contributed by atoms with Gasteiger partial charge in [-0.05, 0) is 44.9 Å². The average molecular weight is 1060 g/mol. The zero-order chi connectivity index (χ0) is 54.3. The quantitative estimate of drug-likeness (QED) is 0.0261. The molecule has 75 heavy (non-hydrogen) atoms. The molecule has 1 unspecified atom stereocenters. The maximum atomic E-state index is 12.9. The molecule has 0 rings (SSSR count). The third-order valence-corrected chi connectivity index (χ3v) is 15.8. The second kappa shape index (κ2) is 64.7. The van der Waals surface area contributed by atoms with Gasteiger partial charge in [0.15, 0.2) is 6.10 Å². The summed E-state index contributed by atoms with van der Waals surface area (Å²) in [5.41, 5.74) is 0. The molecule has 0 aliphatic heterocycles. The van der Waals surface area contributed by atoms with Gasteiger partial charge in [0.05, 0.1) is 0 Å². The van der Waals surface area contributed by atoms with Crippen molar-refractivity contribution in [1.82, 2.24) is 0 Å². The van der Waals surface area contributed by atoms with Crippen molar-refractivity contribution in [3.05, 3.63) is 12.2 Å². The highest BCUT2D eigenvalue weighted by Gasteiger charge is 2.19. The maximum absolute atomic E-state index is 12.9. The lowest BCUT2D eigenvalue weighted by atomic mass is 10.0. The third kappa shape index (κ3) is 62.9. The van der Waals surface area contributed by atoms with E-state index in [-0.39, 0.29) is 31.1 Å². The van der Waals surface area contributed by atoms with Gasteiger partial charge in [-0.3, -0.25) is 14.4 Å². The van der Waals surface area contributed by atoms with Crippen LogP contribution in [-0.2, 0) is 28.6 Å². The van der Waals surface area contributed by atoms with Gasteiger partial charge in [0.1, 0.15) is 13.2 Å². The summed E-state index contributed by atoms with van der Waals surface area (Å²) in [5, 5.41) is 0. The third-order valence-electron chi connectivity index (χ3n) is 15.8. The molecule has 0 saturated carbocycles. The molecule has 0 aromatic rings. The molecule has 1 atom stereocenters. The summed E-state index contributed by atoms with van der Waals surface area (Å²) >= 11 is 0. The van der Waals surface area contributed by atoms with E-state index in [9.17, 15) is 14.4 Å². The minimum absolute atomic E-state index is 0.0623. The van der Waals surface area contributed by atoms with Crippen LogP contribution in [0.1, 0.15) is 393 Å². The fourth-order valence-corrected chi connectivity index (χ4v) is 10.6. The zero-order valence-electron chi connectivity index (χ0n) is 51.1. The minimum atomic E-state index is -0.762. The predicted octanol–water partition coefficient (Wildman–Crippen LogP) is 23.2. The van der Waals surface area contributed by atoms with E-state index in [0.29, 0.717) is 19.3 Å². The lowest BCUT2D eigenvalue weighted by Crippen LogP contribution is -2.30. The van der Waals surface area contributed by atoms with Gasteiger partial charge in [-0.1, -0.05) is 341 Å². The van der Waals surface area contributed by atoms with Crippen molar-refractivity contribution in [2.75, 3.05) is 13.2 Å². The highest BCUT2D eigenvalue weighted by atomic mass is 16.6. The number of ether oxygens (including phenoxy) is 3. The monoisotopic (exact) mass is 1060 g/mol. The van der Waals surface area contributed by atoms with Crippen LogP contribution in [0.15, 0.2) is 12.2 Å². The molecule has 6 nitrogen and oxygen atoms in total. The molecular formula is C69H132O6. The van der Waals surface area contributed by atoms with E-state index >= 15 is 0 Å². The summed E-state index contributed by atoms with van der Waals surface area (Å²) in [5.74, 6) is -0.834. The lowest BCUT2D eigenvalue weighted by Gasteiger charge is -2.18. The number of esters is 3. The highest BCUT2D eigenvalue weighted by molar-refractivity contribution is 5.71. The first-order chi connectivity index (χ1) is 37.0. The summed E-state index contributed by atoms with van der Waals surface area (Å²) in [4.78, 5) is 38.2. The van der Waals surface area contributed by atoms with Crippen LogP contribution in [0.2, 0.25) is 0 Å². The van der Waals surface area contributed by atoms with Gasteiger partial charge >= 0.3 is 17.9 Å². The number of allylic oxidation sites excluding steroid dienone is 2. The smallest absolute Gasteiger partial charge is 0.306 e. The van der Waals surface area contributed by atoms with Crippen molar-refractivity contribution < 1.29 is 28.6 Å². The van der Waals surface area contributed by atoms with Crippen LogP contribution in [0.5, 0.6) is 0 Å². The summed E-state index contributed by atoms with van der Waals surface area (Å²) in [6.07, 6.45) is 76.9. The molecule has 0 N–H and O–H groups in total. The Morgan fingerprint density at radius 3 is 0.667 bits per heavy atom. The number of rotatable bonds is 64. The Labute approximate surface area is 469 Å². The molecule has 0 heterocycles. The highest BCUT2D eigenvalue weighted by Crippen LogP contribution is 2.19. The normalized spacial score (nSPS) is 12.0. The molecule has 0 saturated heterocycles. The Bertz CT molecular complexity index is 1170. The summed E-state index contributed by atoms with van der Waals surface area (Å²) in [6.45, 7) is 6.70. The van der Waals surface area contributed by atoms with E-state index in [4.69, 9.17) is 14.2 Å². The number of carbonyl (C=O) groups is 3. The largest absolute Gasteiger partial charge is 0.462 e. The van der Waals surface area contributed by atoms with Gasteiger partial charge < -0.3 is 14.2 Å². The second-order valence-electron chi connectivity index (χ2n) is 23.5. The van der Waals surface area contributed by atoms with Gasteiger partial charge in [0.2, 0.25) is 0 Å². The van der Waals surface area contributed by atoms with E-state index in [2.05, 4.69) is 32.9 Å². The van der Waals surface area contributed by atoms with Crippen molar-refractivity contribution >= 4 is 17.9 Å². The molecule has 0 fully saturated rings. The molecule has 0 aliphatic carbocycles. The molecule has 0 spiro atoms. The first-order valence-corrected chi connectivity index (χ1v) is 34.2. The standard InChI is InChI=1S/C69H132O6/c1-4-7-10-13-16-19-22-24-26-27-28-29-30-31-32-33-34-35-36-37-38-39-40-41-42-43-44-46-47-50-53-56-59-62-68(71)74-65-66(64-73-67(70)61-58-55-52-49-21-18-15-12-9-6-3)75-69(72)63-60-57-54-51-48-45-25-23-20-17-14-11-8-5-2/h27-28,66H,4-26,29-65H2,1-3H3/b28-27-. The maximum Gasteiger partial charge on any atom is 0.306 e. The number of hydrogen-bond donors (Lipinski definition) is 0. The van der Waals surface area contributed by atoms with E-state index in [0.717, 1.165) is 57.8 Å². The summed E-state index contributed by atoms with van der Waals surface area (Å²) in [6, 6.07) is 0. The van der Waals surface area contributed by atoms with Crippen molar-refractivity contribution in [3.63, 3.8) is 0 Å². The topological polar surface area (TPSA) is 78.9 Å². The number of hydrogen-bond acceptors (Lipinski definition) is 6. The van der Waals surface area contributed by atoms with Crippen molar-refractivity contribution in [1.29, 1.82) is 0 Å². The van der Waals surface area contributed by atoms with Gasteiger partial charge in [-0.25, -0.2) is 0 Å². The van der Waals surface area contributed by atoms with Gasteiger partial charge in [-0.2, -0.15) is 0 Å². The van der Waals surface area contributed by atoms with E-state index in [1.807, 2.05) is 0 Å².